The maximum atomic E-state index is 14.1. The molecular weight excluding hydrogens is 351 g/mol. The van der Waals surface area contributed by atoms with Crippen molar-refractivity contribution < 1.29 is 13.9 Å². The van der Waals surface area contributed by atoms with Gasteiger partial charge in [0.05, 0.1) is 13.2 Å². The summed E-state index contributed by atoms with van der Waals surface area (Å²) in [5, 5.41) is 0. The van der Waals surface area contributed by atoms with E-state index in [1.54, 1.807) is 12.1 Å². The Labute approximate surface area is 170 Å². The first-order chi connectivity index (χ1) is 13.7. The first kappa shape index (κ1) is 20.2. The van der Waals surface area contributed by atoms with Crippen molar-refractivity contribution in [2.75, 3.05) is 13.7 Å². The van der Waals surface area contributed by atoms with Gasteiger partial charge in [-0.15, -0.1) is 0 Å². The number of ether oxygens (including phenoxy) is 2. The summed E-state index contributed by atoms with van der Waals surface area (Å²) in [5.41, 5.74) is 1.16. The van der Waals surface area contributed by atoms with Crippen LogP contribution in [-0.2, 0) is 4.74 Å². The lowest BCUT2D eigenvalue weighted by molar-refractivity contribution is -0.0205. The molecule has 1 aromatic carbocycles. The molecule has 0 bridgehead atoms. The number of fused-ring (bicyclic) bond motifs is 1. The molecule has 3 heteroatoms. The minimum absolute atomic E-state index is 0.219. The van der Waals surface area contributed by atoms with E-state index in [2.05, 4.69) is 13.0 Å². The Balaban J connectivity index is 1.28. The first-order valence-electron chi connectivity index (χ1n) is 11.6. The molecule has 0 heterocycles. The predicted octanol–water partition coefficient (Wildman–Crippen LogP) is 6.73. The van der Waals surface area contributed by atoms with E-state index in [1.807, 2.05) is 0 Å². The lowest BCUT2D eigenvalue weighted by atomic mass is 9.62. The average molecular weight is 389 g/mol. The summed E-state index contributed by atoms with van der Waals surface area (Å²) < 4.78 is 25.1. The van der Waals surface area contributed by atoms with Crippen molar-refractivity contribution in [2.24, 2.45) is 23.7 Å². The minimum atomic E-state index is -0.219. The first-order valence-corrected chi connectivity index (χ1v) is 11.6. The molecule has 0 N–H and O–H groups in total. The van der Waals surface area contributed by atoms with Crippen molar-refractivity contribution in [1.82, 2.24) is 0 Å². The zero-order valence-corrected chi connectivity index (χ0v) is 17.7. The molecule has 0 aliphatic heterocycles. The molecule has 0 aromatic heterocycles. The molecule has 4 unspecified atom stereocenters. The van der Waals surface area contributed by atoms with Gasteiger partial charge in [-0.3, -0.25) is 0 Å². The van der Waals surface area contributed by atoms with Crippen LogP contribution in [-0.4, -0.2) is 19.8 Å². The van der Waals surface area contributed by atoms with E-state index in [-0.39, 0.29) is 5.82 Å². The molecule has 2 nitrogen and oxygen atoms in total. The summed E-state index contributed by atoms with van der Waals surface area (Å²) in [4.78, 5) is 0. The Morgan fingerprint density at radius 2 is 1.50 bits per heavy atom. The number of benzene rings is 1. The van der Waals surface area contributed by atoms with Crippen LogP contribution >= 0.6 is 0 Å². The Morgan fingerprint density at radius 1 is 0.857 bits per heavy atom. The van der Waals surface area contributed by atoms with E-state index >= 15 is 0 Å². The van der Waals surface area contributed by atoms with Gasteiger partial charge < -0.3 is 9.47 Å². The molecule has 3 fully saturated rings. The molecule has 0 radical (unpaired) electrons. The van der Waals surface area contributed by atoms with Gasteiger partial charge in [0.1, 0.15) is 0 Å². The highest BCUT2D eigenvalue weighted by Gasteiger charge is 2.39. The molecular formula is C25H37FO2. The third-order valence-corrected chi connectivity index (χ3v) is 8.09. The van der Waals surface area contributed by atoms with Gasteiger partial charge in [-0.2, -0.15) is 0 Å². The molecule has 4 atom stereocenters. The van der Waals surface area contributed by atoms with Crippen LogP contribution in [0.4, 0.5) is 4.39 Å². The summed E-state index contributed by atoms with van der Waals surface area (Å²) in [6.07, 6.45) is 13.9. The van der Waals surface area contributed by atoms with Crippen molar-refractivity contribution in [3.05, 3.63) is 29.6 Å². The van der Waals surface area contributed by atoms with E-state index in [0.29, 0.717) is 17.8 Å². The highest BCUT2D eigenvalue weighted by atomic mass is 19.1. The maximum Gasteiger partial charge on any atom is 0.165 e. The summed E-state index contributed by atoms with van der Waals surface area (Å²) >= 11 is 0. The lowest BCUT2D eigenvalue weighted by Crippen LogP contribution is -2.36. The number of hydrogen-bond acceptors (Lipinski definition) is 2. The van der Waals surface area contributed by atoms with Crippen LogP contribution in [0.5, 0.6) is 5.75 Å². The van der Waals surface area contributed by atoms with Crippen LogP contribution in [0, 0.1) is 29.5 Å². The normalized spacial score (nSPS) is 36.0. The van der Waals surface area contributed by atoms with Gasteiger partial charge in [0.2, 0.25) is 0 Å². The third kappa shape index (κ3) is 4.40. The largest absolute Gasteiger partial charge is 0.494 e. The molecule has 1 aromatic rings. The van der Waals surface area contributed by atoms with Gasteiger partial charge in [-0.05, 0) is 118 Å². The van der Waals surface area contributed by atoms with Crippen molar-refractivity contribution in [1.29, 1.82) is 0 Å². The van der Waals surface area contributed by atoms with E-state index in [9.17, 15) is 4.39 Å². The Morgan fingerprint density at radius 3 is 2.18 bits per heavy atom. The van der Waals surface area contributed by atoms with Crippen molar-refractivity contribution in [3.8, 4) is 5.75 Å². The van der Waals surface area contributed by atoms with Gasteiger partial charge in [-0.25, -0.2) is 4.39 Å². The fraction of sp³-hybridized carbons (Fsp3) is 0.760. The second kappa shape index (κ2) is 9.15. The zero-order chi connectivity index (χ0) is 19.5. The monoisotopic (exact) mass is 388 g/mol. The standard InChI is InChI=1S/C25H37FO2/c1-3-28-23-12-10-20-14-19(8-9-21(20)15-23)17-4-6-18(7-5-17)22-11-13-25(27-2)24(26)16-22/h11,13,16-21,23H,3-10,12,14-15H2,1-2H3. The second-order valence-corrected chi connectivity index (χ2v) is 9.49. The summed E-state index contributed by atoms with van der Waals surface area (Å²) in [5.74, 6) is 4.35. The van der Waals surface area contributed by atoms with Gasteiger partial charge in [0.25, 0.3) is 0 Å². The smallest absolute Gasteiger partial charge is 0.165 e. The lowest BCUT2D eigenvalue weighted by Gasteiger charge is -2.45. The van der Waals surface area contributed by atoms with Crippen LogP contribution < -0.4 is 4.74 Å². The highest BCUT2D eigenvalue weighted by molar-refractivity contribution is 5.31. The number of rotatable bonds is 5. The second-order valence-electron chi connectivity index (χ2n) is 9.49. The van der Waals surface area contributed by atoms with Gasteiger partial charge in [0.15, 0.2) is 11.6 Å². The topological polar surface area (TPSA) is 18.5 Å². The Kier molecular flexibility index (Phi) is 6.60. The Bertz CT molecular complexity index is 637. The van der Waals surface area contributed by atoms with Gasteiger partial charge in [-0.1, -0.05) is 6.07 Å². The fourth-order valence-corrected chi connectivity index (χ4v) is 6.56. The van der Waals surface area contributed by atoms with Gasteiger partial charge >= 0.3 is 0 Å². The summed E-state index contributed by atoms with van der Waals surface area (Å²) in [6.45, 7) is 2.99. The maximum absolute atomic E-state index is 14.1. The molecule has 0 spiro atoms. The average Bonchev–Trinajstić information content (AvgIpc) is 2.73. The van der Waals surface area contributed by atoms with Crippen LogP contribution in [0.3, 0.4) is 0 Å². The third-order valence-electron chi connectivity index (χ3n) is 8.09. The predicted molar refractivity (Wildman–Crippen MR) is 111 cm³/mol. The van der Waals surface area contributed by atoms with Gasteiger partial charge in [0, 0.05) is 6.61 Å². The van der Waals surface area contributed by atoms with Crippen LogP contribution in [0.1, 0.15) is 82.6 Å². The van der Waals surface area contributed by atoms with E-state index in [0.717, 1.165) is 35.8 Å². The molecule has 0 saturated heterocycles. The van der Waals surface area contributed by atoms with Crippen molar-refractivity contribution >= 4 is 0 Å². The number of halogens is 1. The molecule has 0 amide bonds. The molecule has 3 aliphatic carbocycles. The highest BCUT2D eigenvalue weighted by Crippen LogP contribution is 2.49. The molecule has 3 aliphatic rings. The molecule has 4 rings (SSSR count). The van der Waals surface area contributed by atoms with Crippen molar-refractivity contribution in [2.45, 2.75) is 83.2 Å². The quantitative estimate of drug-likeness (QED) is 0.557. The van der Waals surface area contributed by atoms with E-state index in [4.69, 9.17) is 9.47 Å². The molecule has 28 heavy (non-hydrogen) atoms. The number of hydrogen-bond donors (Lipinski definition) is 0. The Hall–Kier alpha value is -1.09. The van der Waals surface area contributed by atoms with E-state index < -0.39 is 0 Å². The fourth-order valence-electron chi connectivity index (χ4n) is 6.56. The molecule has 3 saturated carbocycles. The minimum Gasteiger partial charge on any atom is -0.494 e. The zero-order valence-electron chi connectivity index (χ0n) is 17.7. The van der Waals surface area contributed by atoms with Crippen LogP contribution in [0.25, 0.3) is 0 Å². The summed E-state index contributed by atoms with van der Waals surface area (Å²) in [6, 6.07) is 5.55. The van der Waals surface area contributed by atoms with Crippen molar-refractivity contribution in [3.63, 3.8) is 0 Å². The van der Waals surface area contributed by atoms with Crippen LogP contribution in [0.15, 0.2) is 18.2 Å². The van der Waals surface area contributed by atoms with Crippen LogP contribution in [0.2, 0.25) is 0 Å². The summed E-state index contributed by atoms with van der Waals surface area (Å²) in [7, 11) is 1.53. The molecule has 156 valence electrons. The number of methoxy groups -OCH3 is 1. The SMILES string of the molecule is CCOC1CCC2CC(C3CCC(c4ccc(OC)c(F)c4)CC3)CCC2C1. The van der Waals surface area contributed by atoms with E-state index in [1.165, 1.54) is 71.3 Å².